The number of carbonyl (C=O) groups is 1. The highest BCUT2D eigenvalue weighted by Gasteiger charge is 2.26. The number of nitrogens with zero attached hydrogens (tertiary/aromatic N) is 2. The van der Waals surface area contributed by atoms with Crippen molar-refractivity contribution in [2.24, 2.45) is 0 Å². The lowest BCUT2D eigenvalue weighted by Gasteiger charge is -2.19. The van der Waals surface area contributed by atoms with Crippen LogP contribution >= 0.6 is 11.6 Å². The van der Waals surface area contributed by atoms with Crippen LogP contribution in [0.1, 0.15) is 29.8 Å². The van der Waals surface area contributed by atoms with Crippen molar-refractivity contribution in [1.82, 2.24) is 4.31 Å². The fourth-order valence-electron chi connectivity index (χ4n) is 2.33. The van der Waals surface area contributed by atoms with E-state index in [1.165, 1.54) is 34.6 Å². The highest BCUT2D eigenvalue weighted by Crippen LogP contribution is 2.26. The Bertz CT molecular complexity index is 963. The van der Waals surface area contributed by atoms with Crippen LogP contribution in [0.2, 0.25) is 5.02 Å². The second kappa shape index (κ2) is 8.32. The molecule has 26 heavy (non-hydrogen) atoms. The number of nitriles is 1. The highest BCUT2D eigenvalue weighted by atomic mass is 35.5. The topological polar surface area (TPSA) is 87.5 Å². The van der Waals surface area contributed by atoms with Crippen LogP contribution in [0.25, 0.3) is 0 Å². The third-order valence-electron chi connectivity index (χ3n) is 3.66. The van der Waals surface area contributed by atoms with Crippen LogP contribution in [-0.2, 0) is 10.0 Å². The van der Waals surface area contributed by atoms with Gasteiger partial charge in [-0.25, -0.2) is 13.2 Å². The molecule has 0 bridgehead atoms. The van der Waals surface area contributed by atoms with Gasteiger partial charge in [0, 0.05) is 13.1 Å². The van der Waals surface area contributed by atoms with Gasteiger partial charge in [-0.05, 0) is 36.4 Å². The first kappa shape index (κ1) is 19.9. The number of benzene rings is 2. The number of rotatable bonds is 6. The van der Waals surface area contributed by atoms with Gasteiger partial charge in [0.1, 0.15) is 10.6 Å². The third kappa shape index (κ3) is 4.22. The van der Waals surface area contributed by atoms with Crippen LogP contribution in [0.3, 0.4) is 0 Å². The SMILES string of the molecule is CCN(CC)S(=O)(=O)c1cc(C(=O)Oc2cccc(C#N)c2)ccc1Cl. The Morgan fingerprint density at radius 1 is 1.19 bits per heavy atom. The van der Waals surface area contributed by atoms with E-state index in [9.17, 15) is 13.2 Å². The van der Waals surface area contributed by atoms with Gasteiger partial charge in [0.25, 0.3) is 0 Å². The van der Waals surface area contributed by atoms with Crippen molar-refractivity contribution in [1.29, 1.82) is 5.26 Å². The summed E-state index contributed by atoms with van der Waals surface area (Å²) in [6.45, 7) is 4.00. The van der Waals surface area contributed by atoms with Gasteiger partial charge in [0.2, 0.25) is 10.0 Å². The minimum atomic E-state index is -3.82. The molecule has 6 nitrogen and oxygen atoms in total. The average Bonchev–Trinajstić information content (AvgIpc) is 2.62. The smallest absolute Gasteiger partial charge is 0.343 e. The van der Waals surface area contributed by atoms with Gasteiger partial charge in [0.15, 0.2) is 0 Å². The zero-order valence-corrected chi connectivity index (χ0v) is 15.8. The molecule has 2 aromatic carbocycles. The Balaban J connectivity index is 2.37. The van der Waals surface area contributed by atoms with E-state index in [1.54, 1.807) is 26.0 Å². The van der Waals surface area contributed by atoms with Crippen molar-refractivity contribution in [3.63, 3.8) is 0 Å². The van der Waals surface area contributed by atoms with Crippen molar-refractivity contribution in [3.8, 4) is 11.8 Å². The Kier molecular flexibility index (Phi) is 6.37. The lowest BCUT2D eigenvalue weighted by atomic mass is 10.2. The number of ether oxygens (including phenoxy) is 1. The van der Waals surface area contributed by atoms with Crippen LogP contribution < -0.4 is 4.74 Å². The van der Waals surface area contributed by atoms with E-state index >= 15 is 0 Å². The number of esters is 1. The molecule has 8 heteroatoms. The van der Waals surface area contributed by atoms with Crippen molar-refractivity contribution >= 4 is 27.6 Å². The summed E-state index contributed by atoms with van der Waals surface area (Å²) in [7, 11) is -3.82. The van der Waals surface area contributed by atoms with Gasteiger partial charge < -0.3 is 4.74 Å². The molecule has 0 aromatic heterocycles. The summed E-state index contributed by atoms with van der Waals surface area (Å²) in [5.74, 6) is -0.551. The van der Waals surface area contributed by atoms with Gasteiger partial charge in [-0.1, -0.05) is 31.5 Å². The molecule has 2 rings (SSSR count). The molecule has 0 aliphatic carbocycles. The molecule has 0 aliphatic rings. The Morgan fingerprint density at radius 3 is 2.50 bits per heavy atom. The quantitative estimate of drug-likeness (QED) is 0.555. The lowest BCUT2D eigenvalue weighted by Crippen LogP contribution is -2.31. The summed E-state index contributed by atoms with van der Waals surface area (Å²) in [5, 5.41) is 8.92. The summed E-state index contributed by atoms with van der Waals surface area (Å²) in [5.41, 5.74) is 0.388. The second-order valence-electron chi connectivity index (χ2n) is 5.26. The summed E-state index contributed by atoms with van der Waals surface area (Å²) >= 11 is 6.05. The Labute approximate surface area is 157 Å². The fraction of sp³-hybridized carbons (Fsp3) is 0.222. The van der Waals surface area contributed by atoms with Gasteiger partial charge in [0.05, 0.1) is 22.2 Å². The fourth-order valence-corrected chi connectivity index (χ4v) is 4.28. The minimum absolute atomic E-state index is 0.0277. The maximum Gasteiger partial charge on any atom is 0.343 e. The zero-order valence-electron chi connectivity index (χ0n) is 14.3. The molecule has 0 atom stereocenters. The first-order valence-electron chi connectivity index (χ1n) is 7.85. The normalized spacial score (nSPS) is 11.2. The molecule has 2 aromatic rings. The maximum absolute atomic E-state index is 12.7. The van der Waals surface area contributed by atoms with Crippen LogP contribution in [0.15, 0.2) is 47.4 Å². The van der Waals surface area contributed by atoms with E-state index in [1.807, 2.05) is 6.07 Å². The summed E-state index contributed by atoms with van der Waals surface area (Å²) < 4.78 is 31.8. The number of sulfonamides is 1. The number of carbonyl (C=O) groups excluding carboxylic acids is 1. The van der Waals surface area contributed by atoms with E-state index in [0.29, 0.717) is 5.56 Å². The van der Waals surface area contributed by atoms with Crippen molar-refractivity contribution in [2.45, 2.75) is 18.7 Å². The summed E-state index contributed by atoms with van der Waals surface area (Å²) in [4.78, 5) is 12.2. The average molecular weight is 393 g/mol. The Morgan fingerprint density at radius 2 is 1.88 bits per heavy atom. The minimum Gasteiger partial charge on any atom is -0.423 e. The monoisotopic (exact) mass is 392 g/mol. The molecule has 0 N–H and O–H groups in total. The van der Waals surface area contributed by atoms with Gasteiger partial charge >= 0.3 is 5.97 Å². The molecule has 0 amide bonds. The van der Waals surface area contributed by atoms with Crippen LogP contribution in [0, 0.1) is 11.3 Å². The predicted molar refractivity (Wildman–Crippen MR) is 97.7 cm³/mol. The largest absolute Gasteiger partial charge is 0.423 e. The first-order valence-corrected chi connectivity index (χ1v) is 9.67. The van der Waals surface area contributed by atoms with Crippen LogP contribution in [0.5, 0.6) is 5.75 Å². The molecule has 0 saturated heterocycles. The van der Waals surface area contributed by atoms with E-state index in [-0.39, 0.29) is 34.3 Å². The van der Waals surface area contributed by atoms with Crippen LogP contribution in [-0.4, -0.2) is 31.8 Å². The molecule has 0 unspecified atom stereocenters. The summed E-state index contributed by atoms with van der Waals surface area (Å²) in [6, 6.07) is 12.0. The van der Waals surface area contributed by atoms with Gasteiger partial charge in [-0.2, -0.15) is 9.57 Å². The number of halogens is 1. The van der Waals surface area contributed by atoms with E-state index in [4.69, 9.17) is 21.6 Å². The van der Waals surface area contributed by atoms with Crippen molar-refractivity contribution in [2.75, 3.05) is 13.1 Å². The number of hydrogen-bond acceptors (Lipinski definition) is 5. The molecule has 0 aliphatic heterocycles. The van der Waals surface area contributed by atoms with Gasteiger partial charge in [-0.15, -0.1) is 0 Å². The highest BCUT2D eigenvalue weighted by molar-refractivity contribution is 7.89. The molecule has 0 saturated carbocycles. The van der Waals surface area contributed by atoms with Crippen molar-refractivity contribution in [3.05, 3.63) is 58.6 Å². The van der Waals surface area contributed by atoms with Crippen LogP contribution in [0.4, 0.5) is 0 Å². The molecule has 0 fully saturated rings. The maximum atomic E-state index is 12.7. The standard InChI is InChI=1S/C18H17ClN2O4S/c1-3-21(4-2)26(23,24)17-11-14(8-9-16(17)19)18(22)25-15-7-5-6-13(10-15)12-20/h5-11H,3-4H2,1-2H3. The van der Waals surface area contributed by atoms with E-state index in [2.05, 4.69) is 0 Å². The second-order valence-corrected chi connectivity index (χ2v) is 7.58. The van der Waals surface area contributed by atoms with Crippen molar-refractivity contribution < 1.29 is 17.9 Å². The molecule has 0 spiro atoms. The molecule has 136 valence electrons. The lowest BCUT2D eigenvalue weighted by molar-refractivity contribution is 0.0734. The molecule has 0 radical (unpaired) electrons. The third-order valence-corrected chi connectivity index (χ3v) is 6.20. The van der Waals surface area contributed by atoms with E-state index < -0.39 is 16.0 Å². The first-order chi connectivity index (χ1) is 12.3. The van der Waals surface area contributed by atoms with Gasteiger partial charge in [-0.3, -0.25) is 0 Å². The van der Waals surface area contributed by atoms with E-state index in [0.717, 1.165) is 0 Å². The predicted octanol–water partition coefficient (Wildman–Crippen LogP) is 3.46. The number of hydrogen-bond donors (Lipinski definition) is 0. The zero-order chi connectivity index (χ0) is 19.3. The molecular weight excluding hydrogens is 376 g/mol. The Hall–Kier alpha value is -2.40. The molecule has 0 heterocycles. The summed E-state index contributed by atoms with van der Waals surface area (Å²) in [6.07, 6.45) is 0. The molecular formula is C18H17ClN2O4S.